The summed E-state index contributed by atoms with van der Waals surface area (Å²) < 4.78 is 7.53. The van der Waals surface area contributed by atoms with Crippen molar-refractivity contribution in [3.8, 4) is 0 Å². The molecule has 0 bridgehead atoms. The molecular weight excluding hydrogens is 166 g/mol. The van der Waals surface area contributed by atoms with E-state index in [0.717, 1.165) is 25.3 Å². The third kappa shape index (κ3) is 1.36. The predicted octanol–water partition coefficient (Wildman–Crippen LogP) is 0.477. The van der Waals surface area contributed by atoms with Gasteiger partial charge >= 0.3 is 0 Å². The van der Waals surface area contributed by atoms with Crippen LogP contribution in [-0.4, -0.2) is 22.8 Å². The van der Waals surface area contributed by atoms with Crippen molar-refractivity contribution >= 4 is 0 Å². The zero-order valence-electron chi connectivity index (χ0n) is 7.86. The summed E-state index contributed by atoms with van der Waals surface area (Å²) in [5.74, 6) is 0. The second-order valence-corrected chi connectivity index (χ2v) is 3.76. The highest BCUT2D eigenvalue weighted by Gasteiger charge is 2.32. The van der Waals surface area contributed by atoms with Gasteiger partial charge < -0.3 is 15.0 Å². The van der Waals surface area contributed by atoms with Crippen LogP contribution >= 0.6 is 0 Å². The van der Waals surface area contributed by atoms with Gasteiger partial charge in [-0.3, -0.25) is 0 Å². The van der Waals surface area contributed by atoms with Crippen molar-refractivity contribution in [3.63, 3.8) is 0 Å². The summed E-state index contributed by atoms with van der Waals surface area (Å²) in [6.07, 6.45) is 4.71. The van der Waals surface area contributed by atoms with E-state index >= 15 is 0 Å². The molecule has 0 spiro atoms. The van der Waals surface area contributed by atoms with Crippen LogP contribution in [0.15, 0.2) is 12.5 Å². The topological polar surface area (TPSA) is 53.1 Å². The first-order valence-electron chi connectivity index (χ1n) is 4.56. The van der Waals surface area contributed by atoms with Crippen LogP contribution in [0.2, 0.25) is 0 Å². The zero-order valence-corrected chi connectivity index (χ0v) is 7.86. The van der Waals surface area contributed by atoms with Crippen molar-refractivity contribution in [1.82, 2.24) is 9.55 Å². The van der Waals surface area contributed by atoms with E-state index in [-0.39, 0.29) is 5.54 Å². The maximum atomic E-state index is 5.62. The highest BCUT2D eigenvalue weighted by atomic mass is 16.5. The maximum absolute atomic E-state index is 5.62. The Morgan fingerprint density at radius 3 is 3.23 bits per heavy atom. The molecule has 4 nitrogen and oxygen atoms in total. The number of imidazole rings is 1. The van der Waals surface area contributed by atoms with Crippen molar-refractivity contribution in [2.45, 2.75) is 25.4 Å². The minimum absolute atomic E-state index is 0.0607. The van der Waals surface area contributed by atoms with Gasteiger partial charge in [0.1, 0.15) is 0 Å². The number of aromatic nitrogens is 2. The Morgan fingerprint density at radius 1 is 1.77 bits per heavy atom. The van der Waals surface area contributed by atoms with Gasteiger partial charge in [-0.25, -0.2) is 4.98 Å². The van der Waals surface area contributed by atoms with Crippen molar-refractivity contribution in [1.29, 1.82) is 0 Å². The quantitative estimate of drug-likeness (QED) is 0.722. The number of nitrogens with two attached hydrogens (primary N) is 1. The molecule has 1 fully saturated rings. The Kier molecular flexibility index (Phi) is 2.09. The van der Waals surface area contributed by atoms with E-state index in [2.05, 4.69) is 16.5 Å². The van der Waals surface area contributed by atoms with Crippen LogP contribution in [0, 0.1) is 0 Å². The molecule has 2 rings (SSSR count). The molecule has 1 aromatic heterocycles. The molecule has 13 heavy (non-hydrogen) atoms. The summed E-state index contributed by atoms with van der Waals surface area (Å²) in [5.41, 5.74) is 6.76. The first kappa shape index (κ1) is 8.72. The number of rotatable bonds is 2. The lowest BCUT2D eigenvalue weighted by Crippen LogP contribution is -2.31. The molecule has 0 radical (unpaired) electrons. The zero-order chi connectivity index (χ0) is 9.31. The van der Waals surface area contributed by atoms with Gasteiger partial charge in [0.15, 0.2) is 0 Å². The molecule has 1 unspecified atom stereocenters. The lowest BCUT2D eigenvalue weighted by Gasteiger charge is -2.25. The third-order valence-corrected chi connectivity index (χ3v) is 2.70. The maximum Gasteiger partial charge on any atom is 0.0954 e. The molecule has 1 aromatic rings. The summed E-state index contributed by atoms with van der Waals surface area (Å²) >= 11 is 0. The fourth-order valence-corrected chi connectivity index (χ4v) is 1.81. The molecule has 1 aliphatic heterocycles. The largest absolute Gasteiger partial charge is 0.379 e. The van der Waals surface area contributed by atoms with Gasteiger partial charge in [-0.2, -0.15) is 0 Å². The summed E-state index contributed by atoms with van der Waals surface area (Å²) in [7, 11) is 0. The van der Waals surface area contributed by atoms with Crippen molar-refractivity contribution < 1.29 is 4.74 Å². The number of ether oxygens (including phenoxy) is 1. The average molecular weight is 181 g/mol. The van der Waals surface area contributed by atoms with Crippen LogP contribution in [0.4, 0.5) is 0 Å². The van der Waals surface area contributed by atoms with Crippen LogP contribution in [0.5, 0.6) is 0 Å². The molecule has 2 N–H and O–H groups in total. The summed E-state index contributed by atoms with van der Waals surface area (Å²) in [5, 5.41) is 0. The van der Waals surface area contributed by atoms with E-state index in [9.17, 15) is 0 Å². The van der Waals surface area contributed by atoms with Gasteiger partial charge in [-0.05, 0) is 13.3 Å². The molecular formula is C9H15N3O. The molecule has 0 aliphatic carbocycles. The molecule has 0 saturated carbocycles. The highest BCUT2D eigenvalue weighted by molar-refractivity contribution is 5.04. The van der Waals surface area contributed by atoms with Crippen molar-refractivity contribution in [2.75, 3.05) is 13.2 Å². The van der Waals surface area contributed by atoms with Crippen LogP contribution in [0.3, 0.4) is 0 Å². The fraction of sp³-hybridized carbons (Fsp3) is 0.667. The normalized spacial score (nSPS) is 28.2. The molecule has 0 aromatic carbocycles. The first-order chi connectivity index (χ1) is 6.26. The standard InChI is InChI=1S/C9H15N3O/c1-9(2-3-13-6-9)12-7-11-5-8(12)4-10/h5,7H,2-4,6,10H2,1H3. The monoisotopic (exact) mass is 181 g/mol. The first-order valence-corrected chi connectivity index (χ1v) is 4.56. The smallest absolute Gasteiger partial charge is 0.0954 e. The average Bonchev–Trinajstić information content (AvgIpc) is 2.72. The van der Waals surface area contributed by atoms with E-state index in [4.69, 9.17) is 10.5 Å². The van der Waals surface area contributed by atoms with Gasteiger partial charge in [-0.1, -0.05) is 0 Å². The van der Waals surface area contributed by atoms with E-state index in [0.29, 0.717) is 6.54 Å². The molecule has 1 atom stereocenters. The molecule has 4 heteroatoms. The lowest BCUT2D eigenvalue weighted by atomic mass is 10.0. The Hall–Kier alpha value is -0.870. The molecule has 2 heterocycles. The van der Waals surface area contributed by atoms with Crippen LogP contribution in [-0.2, 0) is 16.8 Å². The Balaban J connectivity index is 2.32. The highest BCUT2D eigenvalue weighted by Crippen LogP contribution is 2.27. The van der Waals surface area contributed by atoms with Crippen LogP contribution in [0.1, 0.15) is 19.0 Å². The number of hydrogen-bond donors (Lipinski definition) is 1. The molecule has 1 aliphatic rings. The molecule has 1 saturated heterocycles. The van der Waals surface area contributed by atoms with E-state index in [1.165, 1.54) is 0 Å². The Morgan fingerprint density at radius 2 is 2.62 bits per heavy atom. The lowest BCUT2D eigenvalue weighted by molar-refractivity contribution is 0.160. The minimum Gasteiger partial charge on any atom is -0.379 e. The molecule has 0 amide bonds. The van der Waals surface area contributed by atoms with Crippen LogP contribution in [0.25, 0.3) is 0 Å². The van der Waals surface area contributed by atoms with Gasteiger partial charge in [0, 0.05) is 19.3 Å². The van der Waals surface area contributed by atoms with Gasteiger partial charge in [0.25, 0.3) is 0 Å². The molecule has 72 valence electrons. The number of nitrogens with zero attached hydrogens (tertiary/aromatic N) is 2. The third-order valence-electron chi connectivity index (χ3n) is 2.70. The Bertz CT molecular complexity index is 289. The van der Waals surface area contributed by atoms with Crippen molar-refractivity contribution in [3.05, 3.63) is 18.2 Å². The Labute approximate surface area is 77.7 Å². The fourth-order valence-electron chi connectivity index (χ4n) is 1.81. The van der Waals surface area contributed by atoms with Gasteiger partial charge in [-0.15, -0.1) is 0 Å². The second kappa shape index (κ2) is 3.12. The van der Waals surface area contributed by atoms with Crippen LogP contribution < -0.4 is 5.73 Å². The summed E-state index contributed by atoms with van der Waals surface area (Å²) in [4.78, 5) is 4.11. The summed E-state index contributed by atoms with van der Waals surface area (Å²) in [6.45, 7) is 4.31. The second-order valence-electron chi connectivity index (χ2n) is 3.76. The summed E-state index contributed by atoms with van der Waals surface area (Å²) in [6, 6.07) is 0. The van der Waals surface area contributed by atoms with E-state index < -0.39 is 0 Å². The van der Waals surface area contributed by atoms with E-state index in [1.54, 1.807) is 0 Å². The van der Waals surface area contributed by atoms with Gasteiger partial charge in [0.05, 0.1) is 24.2 Å². The SMILES string of the molecule is CC1(n2cncc2CN)CCOC1. The van der Waals surface area contributed by atoms with Crippen molar-refractivity contribution in [2.24, 2.45) is 5.73 Å². The minimum atomic E-state index is 0.0607. The van der Waals surface area contributed by atoms with Gasteiger partial charge in [0.2, 0.25) is 0 Å². The predicted molar refractivity (Wildman–Crippen MR) is 49.2 cm³/mol. The number of hydrogen-bond acceptors (Lipinski definition) is 3. The van der Waals surface area contributed by atoms with E-state index in [1.807, 2.05) is 12.5 Å².